The SMILES string of the molecule is CCCn1c(-c2cc(O)ccc2O)nc2ccc(F)cc21. The molecule has 2 N–H and O–H groups in total. The van der Waals surface area contributed by atoms with Crippen molar-refractivity contribution in [2.24, 2.45) is 0 Å². The van der Waals surface area contributed by atoms with Crippen LogP contribution in [0.5, 0.6) is 11.5 Å². The highest BCUT2D eigenvalue weighted by Crippen LogP contribution is 2.34. The summed E-state index contributed by atoms with van der Waals surface area (Å²) in [5, 5.41) is 19.7. The van der Waals surface area contributed by atoms with Crippen LogP contribution in [0.3, 0.4) is 0 Å². The topological polar surface area (TPSA) is 58.3 Å². The van der Waals surface area contributed by atoms with E-state index in [-0.39, 0.29) is 17.3 Å². The van der Waals surface area contributed by atoms with E-state index in [1.807, 2.05) is 11.5 Å². The number of aromatic hydroxyl groups is 2. The molecule has 1 heterocycles. The molecule has 0 unspecified atom stereocenters. The number of rotatable bonds is 3. The number of imidazole rings is 1. The van der Waals surface area contributed by atoms with Crippen molar-refractivity contribution in [2.75, 3.05) is 0 Å². The molecule has 0 atom stereocenters. The van der Waals surface area contributed by atoms with Crippen molar-refractivity contribution in [3.63, 3.8) is 0 Å². The zero-order valence-corrected chi connectivity index (χ0v) is 11.5. The molecule has 2 aromatic carbocycles. The molecule has 0 radical (unpaired) electrons. The summed E-state index contributed by atoms with van der Waals surface area (Å²) in [6.07, 6.45) is 0.842. The smallest absolute Gasteiger partial charge is 0.145 e. The first-order chi connectivity index (χ1) is 10.1. The van der Waals surface area contributed by atoms with Crippen LogP contribution in [-0.2, 0) is 6.54 Å². The molecular formula is C16H15FN2O2. The maximum atomic E-state index is 13.5. The van der Waals surface area contributed by atoms with E-state index in [2.05, 4.69) is 4.98 Å². The van der Waals surface area contributed by atoms with Crippen molar-refractivity contribution in [1.82, 2.24) is 9.55 Å². The second-order valence-electron chi connectivity index (χ2n) is 4.92. The standard InChI is InChI=1S/C16H15FN2O2/c1-2-7-19-14-8-10(17)3-5-13(14)18-16(19)12-9-11(20)4-6-15(12)21/h3-6,8-9,20-21H,2,7H2,1H3. The van der Waals surface area contributed by atoms with Crippen LogP contribution in [0.1, 0.15) is 13.3 Å². The van der Waals surface area contributed by atoms with Gasteiger partial charge in [0.15, 0.2) is 0 Å². The third-order valence-corrected chi connectivity index (χ3v) is 3.38. The lowest BCUT2D eigenvalue weighted by Crippen LogP contribution is -2.00. The average molecular weight is 286 g/mol. The molecule has 0 aliphatic heterocycles. The van der Waals surface area contributed by atoms with Crippen LogP contribution in [0, 0.1) is 5.82 Å². The number of halogens is 1. The molecule has 0 aliphatic rings. The van der Waals surface area contributed by atoms with Crippen LogP contribution in [-0.4, -0.2) is 19.8 Å². The van der Waals surface area contributed by atoms with Gasteiger partial charge in [-0.25, -0.2) is 9.37 Å². The van der Waals surface area contributed by atoms with Crippen LogP contribution in [0.15, 0.2) is 36.4 Å². The summed E-state index contributed by atoms with van der Waals surface area (Å²) in [4.78, 5) is 4.47. The number of nitrogens with zero attached hydrogens (tertiary/aromatic N) is 2. The van der Waals surface area contributed by atoms with E-state index in [0.717, 1.165) is 6.42 Å². The van der Waals surface area contributed by atoms with Gasteiger partial charge in [-0.05, 0) is 42.8 Å². The molecule has 0 saturated carbocycles. The van der Waals surface area contributed by atoms with Crippen molar-refractivity contribution in [3.05, 3.63) is 42.2 Å². The van der Waals surface area contributed by atoms with Gasteiger partial charge in [-0.2, -0.15) is 0 Å². The third kappa shape index (κ3) is 2.31. The maximum absolute atomic E-state index is 13.5. The average Bonchev–Trinajstić information content (AvgIpc) is 2.80. The van der Waals surface area contributed by atoms with Gasteiger partial charge in [0.1, 0.15) is 23.1 Å². The lowest BCUT2D eigenvalue weighted by Gasteiger charge is -2.09. The Morgan fingerprint density at radius 1 is 1.14 bits per heavy atom. The first-order valence-corrected chi connectivity index (χ1v) is 6.78. The zero-order valence-electron chi connectivity index (χ0n) is 11.5. The molecule has 0 saturated heterocycles. The van der Waals surface area contributed by atoms with Crippen molar-refractivity contribution < 1.29 is 14.6 Å². The summed E-state index contributed by atoms with van der Waals surface area (Å²) in [6.45, 7) is 2.65. The van der Waals surface area contributed by atoms with Crippen LogP contribution >= 0.6 is 0 Å². The molecule has 0 amide bonds. The second-order valence-corrected chi connectivity index (χ2v) is 4.92. The number of phenolic OH excluding ortho intramolecular Hbond substituents is 2. The number of phenols is 2. The lowest BCUT2D eigenvalue weighted by atomic mass is 10.1. The van der Waals surface area contributed by atoms with Gasteiger partial charge in [-0.15, -0.1) is 0 Å². The predicted molar refractivity (Wildman–Crippen MR) is 78.7 cm³/mol. The summed E-state index contributed by atoms with van der Waals surface area (Å²) in [7, 11) is 0. The van der Waals surface area contributed by atoms with E-state index in [0.29, 0.717) is 29.0 Å². The molecule has 3 aromatic rings. The van der Waals surface area contributed by atoms with E-state index in [9.17, 15) is 14.6 Å². The van der Waals surface area contributed by atoms with E-state index >= 15 is 0 Å². The summed E-state index contributed by atoms with van der Waals surface area (Å²) >= 11 is 0. The minimum atomic E-state index is -0.327. The largest absolute Gasteiger partial charge is 0.508 e. The van der Waals surface area contributed by atoms with Gasteiger partial charge in [0, 0.05) is 6.54 Å². The second kappa shape index (κ2) is 5.09. The number of aryl methyl sites for hydroxylation is 1. The molecule has 4 nitrogen and oxygen atoms in total. The van der Waals surface area contributed by atoms with Crippen LogP contribution in [0.4, 0.5) is 4.39 Å². The Morgan fingerprint density at radius 3 is 2.71 bits per heavy atom. The molecule has 0 fully saturated rings. The van der Waals surface area contributed by atoms with Crippen LogP contribution in [0.25, 0.3) is 22.4 Å². The highest BCUT2D eigenvalue weighted by Gasteiger charge is 2.16. The molecule has 3 rings (SSSR count). The number of aromatic nitrogens is 2. The summed E-state index contributed by atoms with van der Waals surface area (Å²) in [5.41, 5.74) is 1.76. The first kappa shape index (κ1) is 13.4. The normalized spacial score (nSPS) is 11.1. The zero-order chi connectivity index (χ0) is 15.0. The van der Waals surface area contributed by atoms with Crippen molar-refractivity contribution in [1.29, 1.82) is 0 Å². The van der Waals surface area contributed by atoms with Crippen LogP contribution < -0.4 is 0 Å². The van der Waals surface area contributed by atoms with Gasteiger partial charge in [0.25, 0.3) is 0 Å². The number of hydrogen-bond donors (Lipinski definition) is 2. The van der Waals surface area contributed by atoms with E-state index < -0.39 is 0 Å². The fourth-order valence-electron chi connectivity index (χ4n) is 2.45. The highest BCUT2D eigenvalue weighted by atomic mass is 19.1. The summed E-state index contributed by atoms with van der Waals surface area (Å²) in [5.74, 6) is 0.266. The Morgan fingerprint density at radius 2 is 1.95 bits per heavy atom. The summed E-state index contributed by atoms with van der Waals surface area (Å²) < 4.78 is 15.3. The Balaban J connectivity index is 2.30. The predicted octanol–water partition coefficient (Wildman–Crippen LogP) is 3.66. The minimum absolute atomic E-state index is 0.0286. The Kier molecular flexibility index (Phi) is 3.25. The quantitative estimate of drug-likeness (QED) is 0.722. The number of benzene rings is 2. The Labute approximate surface area is 121 Å². The summed E-state index contributed by atoms with van der Waals surface area (Å²) in [6, 6.07) is 8.69. The van der Waals surface area contributed by atoms with Gasteiger partial charge in [0.2, 0.25) is 0 Å². The third-order valence-electron chi connectivity index (χ3n) is 3.38. The van der Waals surface area contributed by atoms with E-state index in [1.165, 1.54) is 30.3 Å². The maximum Gasteiger partial charge on any atom is 0.145 e. The number of fused-ring (bicyclic) bond motifs is 1. The van der Waals surface area contributed by atoms with E-state index in [4.69, 9.17) is 0 Å². The highest BCUT2D eigenvalue weighted by molar-refractivity contribution is 5.82. The monoisotopic (exact) mass is 286 g/mol. The molecule has 108 valence electrons. The van der Waals surface area contributed by atoms with E-state index in [1.54, 1.807) is 6.07 Å². The van der Waals surface area contributed by atoms with Crippen LogP contribution in [0.2, 0.25) is 0 Å². The Bertz CT molecular complexity index is 811. The molecular weight excluding hydrogens is 271 g/mol. The minimum Gasteiger partial charge on any atom is -0.508 e. The lowest BCUT2D eigenvalue weighted by molar-refractivity contribution is 0.461. The van der Waals surface area contributed by atoms with Gasteiger partial charge in [-0.3, -0.25) is 0 Å². The number of hydrogen-bond acceptors (Lipinski definition) is 3. The van der Waals surface area contributed by atoms with Crippen molar-refractivity contribution in [3.8, 4) is 22.9 Å². The Hall–Kier alpha value is -2.56. The molecule has 0 bridgehead atoms. The van der Waals surface area contributed by atoms with Gasteiger partial charge >= 0.3 is 0 Å². The molecule has 1 aromatic heterocycles. The van der Waals surface area contributed by atoms with Gasteiger partial charge in [0.05, 0.1) is 16.6 Å². The van der Waals surface area contributed by atoms with Crippen molar-refractivity contribution >= 4 is 11.0 Å². The molecule has 0 spiro atoms. The van der Waals surface area contributed by atoms with Crippen molar-refractivity contribution in [2.45, 2.75) is 19.9 Å². The molecule has 0 aliphatic carbocycles. The molecule has 5 heteroatoms. The fraction of sp³-hybridized carbons (Fsp3) is 0.188. The first-order valence-electron chi connectivity index (χ1n) is 6.78. The van der Waals surface area contributed by atoms with Gasteiger partial charge < -0.3 is 14.8 Å². The fourth-order valence-corrected chi connectivity index (χ4v) is 2.45. The van der Waals surface area contributed by atoms with Gasteiger partial charge in [-0.1, -0.05) is 6.92 Å². The molecule has 21 heavy (non-hydrogen) atoms.